The van der Waals surface area contributed by atoms with Crippen LogP contribution in [0.1, 0.15) is 113 Å². The highest BCUT2D eigenvalue weighted by Crippen LogP contribution is 2.29. The molecule has 426 valence electrons. The van der Waals surface area contributed by atoms with Gasteiger partial charge < -0.3 is 51.9 Å². The van der Waals surface area contributed by atoms with E-state index in [-0.39, 0.29) is 67.8 Å². The van der Waals surface area contributed by atoms with Crippen LogP contribution in [0.25, 0.3) is 10.8 Å². The summed E-state index contributed by atoms with van der Waals surface area (Å²) in [5.41, 5.74) is 7.38. The first kappa shape index (κ1) is 61.0. The minimum absolute atomic E-state index is 0.191. The average Bonchev–Trinajstić information content (AvgIpc) is 4.12. The third kappa shape index (κ3) is 16.9. The standard InChI is InChI=1S/C61H84N10O8/c1-40(62)54(74)66-52(60(3,4)5)58(78)70-30-16-22-48(70)38-68(32-28-42-18-12-10-13-19-42)50(72)36-64-56(76)46-26-24-45-35-47(27-25-44(45)34-46)57(77)65-37-51(73)69(33-29-43-20-14-11-15-21-43)39-49-23-17-31-71(49)59(79)53(61(6,7)8)67-55(75)41(2)63-9/h10-15,18-21,24-27,34-35,40-41,48-49,52-53,63H,16-17,22-23,28-33,36-39,62H2,1-9H3,(H,64,76)(H,65,77)(H,66,74)(H,67,75)/t40-,41-,48-,49-,52+,53+/m0/s1. The van der Waals surface area contributed by atoms with Gasteiger partial charge in [-0.3, -0.25) is 38.4 Å². The minimum Gasteiger partial charge on any atom is -0.343 e. The summed E-state index contributed by atoms with van der Waals surface area (Å²) in [4.78, 5) is 117. The van der Waals surface area contributed by atoms with E-state index in [0.717, 1.165) is 24.0 Å². The van der Waals surface area contributed by atoms with Gasteiger partial charge >= 0.3 is 0 Å². The fourth-order valence-electron chi connectivity index (χ4n) is 10.2. The zero-order valence-electron chi connectivity index (χ0n) is 47.7. The number of amides is 8. The van der Waals surface area contributed by atoms with Gasteiger partial charge in [-0.05, 0) is 116 Å². The molecule has 2 aliphatic heterocycles. The summed E-state index contributed by atoms with van der Waals surface area (Å²) in [6, 6.07) is 26.2. The lowest BCUT2D eigenvalue weighted by atomic mass is 9.85. The molecular weight excluding hydrogens is 1000 g/mol. The number of carbonyl (C=O) groups is 8. The molecule has 0 aromatic heterocycles. The summed E-state index contributed by atoms with van der Waals surface area (Å²) >= 11 is 0. The predicted molar refractivity (Wildman–Crippen MR) is 306 cm³/mol. The highest BCUT2D eigenvalue weighted by Gasteiger charge is 2.42. The third-order valence-electron chi connectivity index (χ3n) is 15.1. The number of nitrogens with zero attached hydrogens (tertiary/aromatic N) is 4. The molecule has 6 rings (SSSR count). The second-order valence-corrected chi connectivity index (χ2v) is 23.4. The number of likely N-dealkylation sites (tertiary alicyclic amines) is 2. The SMILES string of the molecule is CN[C@@H](C)C(=O)N[C@H](C(=O)N1CCC[C@H]1CN(CCc1ccccc1)C(=O)CNC(=O)c1ccc2cc(C(=O)NCC(=O)N(CCc3ccccc3)C[C@@H]3CCCN3C(=O)[C@@H](NC(=O)[C@H](C)N)C(C)(C)C)ccc2c1)C(C)(C)C. The van der Waals surface area contributed by atoms with E-state index in [2.05, 4.69) is 26.6 Å². The molecule has 18 nitrogen and oxygen atoms in total. The smallest absolute Gasteiger partial charge is 0.251 e. The van der Waals surface area contributed by atoms with Crippen molar-refractivity contribution in [2.45, 2.75) is 130 Å². The molecule has 0 saturated carbocycles. The van der Waals surface area contributed by atoms with E-state index in [4.69, 9.17) is 5.73 Å². The van der Waals surface area contributed by atoms with Crippen LogP contribution >= 0.6 is 0 Å². The second kappa shape index (κ2) is 27.6. The van der Waals surface area contributed by atoms with E-state index < -0.39 is 52.7 Å². The third-order valence-corrected chi connectivity index (χ3v) is 15.1. The van der Waals surface area contributed by atoms with Crippen molar-refractivity contribution in [2.24, 2.45) is 16.6 Å². The highest BCUT2D eigenvalue weighted by atomic mass is 16.2. The number of hydrogen-bond acceptors (Lipinski definition) is 10. The van der Waals surface area contributed by atoms with Crippen LogP contribution in [0.15, 0.2) is 97.1 Å². The summed E-state index contributed by atoms with van der Waals surface area (Å²) in [7, 11) is 1.69. The van der Waals surface area contributed by atoms with E-state index in [1.807, 2.05) is 102 Å². The predicted octanol–water partition coefficient (Wildman–Crippen LogP) is 4.44. The Labute approximate surface area is 466 Å². The van der Waals surface area contributed by atoms with Gasteiger partial charge in [0.2, 0.25) is 35.4 Å². The Bertz CT molecular complexity index is 2780. The van der Waals surface area contributed by atoms with Crippen LogP contribution in [0.2, 0.25) is 0 Å². The van der Waals surface area contributed by atoms with Crippen LogP contribution < -0.4 is 32.3 Å². The number of carbonyl (C=O) groups excluding carboxylic acids is 8. The molecule has 2 heterocycles. The molecule has 2 fully saturated rings. The molecule has 4 aromatic carbocycles. The van der Waals surface area contributed by atoms with Crippen molar-refractivity contribution in [1.82, 2.24) is 46.2 Å². The summed E-state index contributed by atoms with van der Waals surface area (Å²) in [5, 5.41) is 15.7. The van der Waals surface area contributed by atoms with Crippen molar-refractivity contribution in [3.05, 3.63) is 119 Å². The van der Waals surface area contributed by atoms with Gasteiger partial charge in [-0.25, -0.2) is 0 Å². The van der Waals surface area contributed by atoms with E-state index in [0.29, 0.717) is 73.8 Å². The maximum absolute atomic E-state index is 14.2. The largest absolute Gasteiger partial charge is 0.343 e. The molecule has 18 heteroatoms. The van der Waals surface area contributed by atoms with Gasteiger partial charge in [0, 0.05) is 62.5 Å². The monoisotopic (exact) mass is 1080 g/mol. The van der Waals surface area contributed by atoms with Gasteiger partial charge in [-0.15, -0.1) is 0 Å². The summed E-state index contributed by atoms with van der Waals surface area (Å²) in [6.07, 6.45) is 3.96. The van der Waals surface area contributed by atoms with Crippen molar-refractivity contribution in [1.29, 1.82) is 0 Å². The number of fused-ring (bicyclic) bond motifs is 1. The lowest BCUT2D eigenvalue weighted by Crippen LogP contribution is -2.59. The first-order valence-electron chi connectivity index (χ1n) is 27.8. The molecule has 4 aromatic rings. The van der Waals surface area contributed by atoms with Crippen LogP contribution in [0.3, 0.4) is 0 Å². The van der Waals surface area contributed by atoms with Gasteiger partial charge in [0.15, 0.2) is 0 Å². The Morgan fingerprint density at radius 2 is 0.975 bits per heavy atom. The van der Waals surface area contributed by atoms with Crippen LogP contribution in [-0.2, 0) is 41.6 Å². The second-order valence-electron chi connectivity index (χ2n) is 23.4. The molecule has 0 unspecified atom stereocenters. The van der Waals surface area contributed by atoms with Gasteiger partial charge in [0.05, 0.1) is 25.2 Å². The maximum Gasteiger partial charge on any atom is 0.251 e. The Balaban J connectivity index is 1.09. The van der Waals surface area contributed by atoms with Crippen LogP contribution in [0.5, 0.6) is 0 Å². The molecule has 2 aliphatic rings. The number of hydrogen-bond donors (Lipinski definition) is 6. The van der Waals surface area contributed by atoms with E-state index in [9.17, 15) is 38.4 Å². The molecule has 0 spiro atoms. The van der Waals surface area contributed by atoms with Gasteiger partial charge in [0.1, 0.15) is 12.1 Å². The first-order valence-corrected chi connectivity index (χ1v) is 27.8. The molecular formula is C61H84N10O8. The molecule has 6 atom stereocenters. The molecule has 79 heavy (non-hydrogen) atoms. The van der Waals surface area contributed by atoms with E-state index in [1.54, 1.807) is 76.9 Å². The molecule has 0 bridgehead atoms. The zero-order chi connectivity index (χ0) is 57.6. The minimum atomic E-state index is -0.821. The van der Waals surface area contributed by atoms with Gasteiger partial charge in [0.25, 0.3) is 11.8 Å². The topological polar surface area (TPSA) is 236 Å². The average molecular weight is 1090 g/mol. The van der Waals surface area contributed by atoms with Gasteiger partial charge in [-0.1, -0.05) is 114 Å². The quantitative estimate of drug-likeness (QED) is 0.0611. The highest BCUT2D eigenvalue weighted by molar-refractivity contribution is 6.03. The van der Waals surface area contributed by atoms with Gasteiger partial charge in [-0.2, -0.15) is 0 Å². The zero-order valence-corrected chi connectivity index (χ0v) is 47.7. The van der Waals surface area contributed by atoms with E-state index >= 15 is 0 Å². The normalized spacial score (nSPS) is 17.0. The fraction of sp³-hybridized carbons (Fsp3) is 0.508. The summed E-state index contributed by atoms with van der Waals surface area (Å²) in [6.45, 7) is 16.4. The van der Waals surface area contributed by atoms with Crippen molar-refractivity contribution in [3.8, 4) is 0 Å². The molecule has 8 amide bonds. The summed E-state index contributed by atoms with van der Waals surface area (Å²) in [5.74, 6) is -2.64. The number of likely N-dealkylation sites (N-methyl/N-ethyl adjacent to an activating group) is 1. The fourth-order valence-corrected chi connectivity index (χ4v) is 10.2. The molecule has 7 N–H and O–H groups in total. The van der Waals surface area contributed by atoms with Crippen molar-refractivity contribution in [2.75, 3.05) is 59.4 Å². The first-order chi connectivity index (χ1) is 37.4. The van der Waals surface area contributed by atoms with Crippen molar-refractivity contribution in [3.63, 3.8) is 0 Å². The van der Waals surface area contributed by atoms with Crippen molar-refractivity contribution < 1.29 is 38.4 Å². The molecule has 0 radical (unpaired) electrons. The lowest BCUT2D eigenvalue weighted by molar-refractivity contribution is -0.142. The Morgan fingerprint density at radius 3 is 1.34 bits per heavy atom. The molecule has 0 aliphatic carbocycles. The Hall–Kier alpha value is -7.18. The van der Waals surface area contributed by atoms with Crippen LogP contribution in [0.4, 0.5) is 0 Å². The summed E-state index contributed by atoms with van der Waals surface area (Å²) < 4.78 is 0. The van der Waals surface area contributed by atoms with Crippen LogP contribution in [-0.4, -0.2) is 163 Å². The van der Waals surface area contributed by atoms with Crippen LogP contribution in [0, 0.1) is 10.8 Å². The Morgan fingerprint density at radius 1 is 0.582 bits per heavy atom. The number of rotatable bonds is 23. The number of nitrogens with two attached hydrogens (primary N) is 1. The lowest BCUT2D eigenvalue weighted by Gasteiger charge is -2.37. The Kier molecular flexibility index (Phi) is 21.3. The van der Waals surface area contributed by atoms with Crippen molar-refractivity contribution >= 4 is 58.0 Å². The maximum atomic E-state index is 14.2. The molecule has 2 saturated heterocycles. The van der Waals surface area contributed by atoms with E-state index in [1.165, 1.54) is 0 Å². The number of benzene rings is 4. The number of nitrogens with one attached hydrogen (secondary N) is 5.